The van der Waals surface area contributed by atoms with Crippen LogP contribution in [0.2, 0.25) is 19.6 Å². The van der Waals surface area contributed by atoms with Gasteiger partial charge in [-0.3, -0.25) is 0 Å². The SMILES string of the molecule is CC1(C)CCC(C#N)C1O[Si](C)(C)C. The number of hydrogen-bond donors (Lipinski definition) is 0. The summed E-state index contributed by atoms with van der Waals surface area (Å²) in [6.07, 6.45) is 2.26. The lowest BCUT2D eigenvalue weighted by Crippen LogP contribution is -2.40. The van der Waals surface area contributed by atoms with Gasteiger partial charge < -0.3 is 4.43 Å². The molecule has 0 aromatic rings. The van der Waals surface area contributed by atoms with Crippen molar-refractivity contribution in [1.82, 2.24) is 0 Å². The van der Waals surface area contributed by atoms with Crippen LogP contribution in [0, 0.1) is 22.7 Å². The molecule has 0 aromatic heterocycles. The summed E-state index contributed by atoms with van der Waals surface area (Å²) in [5.41, 5.74) is 0.181. The van der Waals surface area contributed by atoms with E-state index in [-0.39, 0.29) is 17.4 Å². The molecule has 0 aromatic carbocycles. The molecule has 0 N–H and O–H groups in total. The molecule has 14 heavy (non-hydrogen) atoms. The normalized spacial score (nSPS) is 31.4. The summed E-state index contributed by atoms with van der Waals surface area (Å²) in [4.78, 5) is 0. The van der Waals surface area contributed by atoms with Gasteiger partial charge in [0.1, 0.15) is 0 Å². The second-order valence-corrected chi connectivity index (χ2v) is 10.4. The van der Waals surface area contributed by atoms with Crippen LogP contribution in [-0.4, -0.2) is 14.4 Å². The summed E-state index contributed by atoms with van der Waals surface area (Å²) in [6, 6.07) is 2.39. The lowest BCUT2D eigenvalue weighted by molar-refractivity contribution is 0.0781. The molecule has 1 fully saturated rings. The Bertz CT molecular complexity index is 249. The zero-order chi connectivity index (χ0) is 11.0. The van der Waals surface area contributed by atoms with E-state index in [4.69, 9.17) is 9.69 Å². The van der Waals surface area contributed by atoms with E-state index in [9.17, 15) is 0 Å². The van der Waals surface area contributed by atoms with Crippen molar-refractivity contribution in [3.05, 3.63) is 0 Å². The fourth-order valence-electron chi connectivity index (χ4n) is 2.12. The van der Waals surface area contributed by atoms with Gasteiger partial charge in [-0.05, 0) is 37.9 Å². The van der Waals surface area contributed by atoms with Crippen LogP contribution < -0.4 is 0 Å². The maximum Gasteiger partial charge on any atom is 0.184 e. The molecule has 1 aliphatic rings. The number of rotatable bonds is 2. The topological polar surface area (TPSA) is 33.0 Å². The van der Waals surface area contributed by atoms with Gasteiger partial charge in [-0.2, -0.15) is 5.26 Å². The van der Waals surface area contributed by atoms with E-state index in [0.717, 1.165) is 12.8 Å². The fourth-order valence-corrected chi connectivity index (χ4v) is 3.37. The van der Waals surface area contributed by atoms with Crippen molar-refractivity contribution in [2.24, 2.45) is 11.3 Å². The van der Waals surface area contributed by atoms with Crippen LogP contribution in [-0.2, 0) is 4.43 Å². The van der Waals surface area contributed by atoms with Gasteiger partial charge >= 0.3 is 0 Å². The molecular weight excluding hydrogens is 190 g/mol. The molecule has 2 nitrogen and oxygen atoms in total. The van der Waals surface area contributed by atoms with Crippen LogP contribution in [0.5, 0.6) is 0 Å². The zero-order valence-electron chi connectivity index (χ0n) is 9.92. The van der Waals surface area contributed by atoms with Gasteiger partial charge in [0.2, 0.25) is 0 Å². The van der Waals surface area contributed by atoms with Crippen molar-refractivity contribution < 1.29 is 4.43 Å². The summed E-state index contributed by atoms with van der Waals surface area (Å²) < 4.78 is 6.13. The van der Waals surface area contributed by atoms with E-state index in [1.54, 1.807) is 0 Å². The fraction of sp³-hybridized carbons (Fsp3) is 0.909. The minimum Gasteiger partial charge on any atom is -0.413 e. The first-order chi connectivity index (χ1) is 6.26. The van der Waals surface area contributed by atoms with Crippen LogP contribution >= 0.6 is 0 Å². The highest BCUT2D eigenvalue weighted by atomic mass is 28.4. The van der Waals surface area contributed by atoms with Gasteiger partial charge in [-0.1, -0.05) is 13.8 Å². The van der Waals surface area contributed by atoms with Gasteiger partial charge in [0.05, 0.1) is 18.1 Å². The standard InChI is InChI=1S/C11H21NOSi/c1-11(2)7-6-9(8-12)10(11)13-14(3,4)5/h9-10H,6-7H2,1-5H3. The van der Waals surface area contributed by atoms with Crippen LogP contribution in [0.3, 0.4) is 0 Å². The summed E-state index contributed by atoms with van der Waals surface area (Å²) in [5, 5.41) is 9.05. The maximum absolute atomic E-state index is 9.05. The van der Waals surface area contributed by atoms with E-state index in [1.807, 2.05) is 0 Å². The quantitative estimate of drug-likeness (QED) is 0.657. The highest BCUT2D eigenvalue weighted by Crippen LogP contribution is 2.44. The molecule has 0 amide bonds. The monoisotopic (exact) mass is 211 g/mol. The summed E-state index contributed by atoms with van der Waals surface area (Å²) in [6.45, 7) is 11.0. The molecule has 80 valence electrons. The Morgan fingerprint density at radius 3 is 2.36 bits per heavy atom. The van der Waals surface area contributed by atoms with Gasteiger partial charge in [0, 0.05) is 0 Å². The minimum absolute atomic E-state index is 0.108. The third-order valence-corrected chi connectivity index (χ3v) is 3.84. The Balaban J connectivity index is 2.77. The molecule has 0 bridgehead atoms. The molecule has 3 heteroatoms. The Morgan fingerprint density at radius 1 is 1.36 bits per heavy atom. The highest BCUT2D eigenvalue weighted by Gasteiger charge is 2.44. The molecule has 0 aliphatic heterocycles. The van der Waals surface area contributed by atoms with Crippen molar-refractivity contribution in [2.45, 2.75) is 52.4 Å². The van der Waals surface area contributed by atoms with Crippen molar-refractivity contribution in [3.8, 4) is 6.07 Å². The Morgan fingerprint density at radius 2 is 1.93 bits per heavy atom. The van der Waals surface area contributed by atoms with E-state index < -0.39 is 8.32 Å². The van der Waals surface area contributed by atoms with Crippen LogP contribution in [0.25, 0.3) is 0 Å². The summed E-state index contributed by atoms with van der Waals surface area (Å²) in [7, 11) is -1.52. The Hall–Kier alpha value is -0.333. The van der Waals surface area contributed by atoms with Crippen LogP contribution in [0.1, 0.15) is 26.7 Å². The molecule has 1 aliphatic carbocycles. The summed E-state index contributed by atoms with van der Waals surface area (Å²) >= 11 is 0. The second-order valence-electron chi connectivity index (χ2n) is 5.91. The van der Waals surface area contributed by atoms with Gasteiger partial charge in [-0.25, -0.2) is 0 Å². The van der Waals surface area contributed by atoms with Gasteiger partial charge in [-0.15, -0.1) is 0 Å². The molecule has 0 radical (unpaired) electrons. The van der Waals surface area contributed by atoms with Crippen molar-refractivity contribution in [3.63, 3.8) is 0 Å². The Labute approximate surface area is 88.4 Å². The Kier molecular flexibility index (Phi) is 3.08. The van der Waals surface area contributed by atoms with Crippen LogP contribution in [0.4, 0.5) is 0 Å². The molecule has 1 saturated carbocycles. The molecule has 2 atom stereocenters. The van der Waals surface area contributed by atoms with Crippen LogP contribution in [0.15, 0.2) is 0 Å². The first-order valence-corrected chi connectivity index (χ1v) is 8.74. The molecule has 0 heterocycles. The summed E-state index contributed by atoms with van der Waals surface area (Å²) in [5.74, 6) is 0.108. The predicted octanol–water partition coefficient (Wildman–Crippen LogP) is 3.17. The van der Waals surface area contributed by atoms with Gasteiger partial charge in [0.15, 0.2) is 8.32 Å². The molecule has 1 rings (SSSR count). The van der Waals surface area contributed by atoms with Gasteiger partial charge in [0.25, 0.3) is 0 Å². The first kappa shape index (κ1) is 11.7. The second kappa shape index (κ2) is 3.67. The average Bonchev–Trinajstić information content (AvgIpc) is 2.25. The van der Waals surface area contributed by atoms with E-state index >= 15 is 0 Å². The van der Waals surface area contributed by atoms with E-state index in [0.29, 0.717) is 0 Å². The molecule has 0 saturated heterocycles. The van der Waals surface area contributed by atoms with E-state index in [1.165, 1.54) is 0 Å². The zero-order valence-corrected chi connectivity index (χ0v) is 10.9. The molecule has 0 spiro atoms. The molecule has 2 unspecified atom stereocenters. The molecular formula is C11H21NOSi. The lowest BCUT2D eigenvalue weighted by atomic mass is 9.88. The highest BCUT2D eigenvalue weighted by molar-refractivity contribution is 6.69. The smallest absolute Gasteiger partial charge is 0.184 e. The number of hydrogen-bond acceptors (Lipinski definition) is 2. The third-order valence-electron chi connectivity index (χ3n) is 2.88. The largest absolute Gasteiger partial charge is 0.413 e. The number of nitrogens with zero attached hydrogens (tertiary/aromatic N) is 1. The van der Waals surface area contributed by atoms with E-state index in [2.05, 4.69) is 39.6 Å². The lowest BCUT2D eigenvalue weighted by Gasteiger charge is -2.34. The first-order valence-electron chi connectivity index (χ1n) is 5.34. The maximum atomic E-state index is 9.05. The average molecular weight is 211 g/mol. The van der Waals surface area contributed by atoms with Crippen molar-refractivity contribution in [2.75, 3.05) is 0 Å². The predicted molar refractivity (Wildman–Crippen MR) is 60.3 cm³/mol. The minimum atomic E-state index is -1.52. The van der Waals surface area contributed by atoms with Crippen molar-refractivity contribution in [1.29, 1.82) is 5.26 Å². The number of nitriles is 1. The van der Waals surface area contributed by atoms with Crippen molar-refractivity contribution >= 4 is 8.32 Å². The third kappa shape index (κ3) is 2.58.